The molecule has 2 aliphatic rings. The number of fused-ring (bicyclic) bond motifs is 2. The molecule has 14 nitrogen and oxygen atoms in total. The van der Waals surface area contributed by atoms with Crippen LogP contribution in [0.4, 0.5) is 22.7 Å². The van der Waals surface area contributed by atoms with Gasteiger partial charge in [0.2, 0.25) is 23.6 Å². The molecule has 6 aromatic rings. The third kappa shape index (κ3) is 24.9. The average molecular weight is 1190 g/mol. The van der Waals surface area contributed by atoms with Gasteiger partial charge in [-0.15, -0.1) is 0 Å². The number of aromatic nitrogens is 2. The molecule has 0 saturated heterocycles. The van der Waals surface area contributed by atoms with Gasteiger partial charge in [0.15, 0.2) is 23.0 Å². The van der Waals surface area contributed by atoms with Crippen LogP contribution in [0.15, 0.2) is 109 Å². The normalized spacial score (nSPS) is 12.8. The summed E-state index contributed by atoms with van der Waals surface area (Å²) in [5.74, 6) is 3.66. The molecule has 0 fully saturated rings. The molecule has 0 saturated carbocycles. The minimum Gasteiger partial charge on any atom is -0.486 e. The zero-order chi connectivity index (χ0) is 61.5. The van der Waals surface area contributed by atoms with Crippen molar-refractivity contribution >= 4 is 34.6 Å². The number of pyridine rings is 2. The number of nitrogens with one attached hydrogen (secondary N) is 4. The van der Waals surface area contributed by atoms with E-state index in [9.17, 15) is 9.59 Å². The Bertz CT molecular complexity index is 2790. The van der Waals surface area contributed by atoms with Gasteiger partial charge in [-0.1, -0.05) is 173 Å². The quantitative estimate of drug-likeness (QED) is 0.0381. The lowest BCUT2D eigenvalue weighted by atomic mass is 10.1. The summed E-state index contributed by atoms with van der Waals surface area (Å²) in [5, 5.41) is 12.8. The van der Waals surface area contributed by atoms with Crippen LogP contribution in [0.3, 0.4) is 0 Å². The second-order valence-electron chi connectivity index (χ2n) is 19.3. The predicted molar refractivity (Wildman–Crippen MR) is 362 cm³/mol. The fourth-order valence-electron chi connectivity index (χ4n) is 8.89. The van der Waals surface area contributed by atoms with Crippen LogP contribution in [-0.4, -0.2) is 74.5 Å². The second-order valence-corrected chi connectivity index (χ2v) is 19.3. The Morgan fingerprint density at radius 2 is 0.907 bits per heavy atom. The standard InChI is InChI=1S/2C31H39N3O4.4C2H6.2CH4/c1-4-6-8-16-29(35)32-20-24-21-37-28-15-10-14-25(30(28)38-24)26-17-18-27(31(34-26)36-3)33-23-13-9-12-22(19-23)11-7-5-2;1-4-6-8-13-29(35)32-20-24-21-37-28-12-9-11-25(30(28)38-24)26-18-19-27(31(34-26)36-3)33-23-16-14-22(15-17-23)10-7-5-2;4*1-2;;/h9-10,12-15,17-19,24,33H,4-8,11,16,20-21H2,1-3H3,(H,32,35);9,11-12,14-19,24,33H,4-8,10,13,20-21H2,1-3H3,(H,32,35);4*1-2H3;2*1H4. The summed E-state index contributed by atoms with van der Waals surface area (Å²) in [6, 6.07) is 36.3. The summed E-state index contributed by atoms with van der Waals surface area (Å²) >= 11 is 0. The van der Waals surface area contributed by atoms with Crippen LogP contribution in [0, 0.1) is 0 Å². The number of aryl methyl sites for hydroxylation is 2. The van der Waals surface area contributed by atoms with Gasteiger partial charge in [0.05, 0.1) is 38.7 Å². The molecular weight excluding hydrogens is 1080 g/mol. The number of carbonyl (C=O) groups excluding carboxylic acids is 2. The molecule has 2 aromatic heterocycles. The lowest BCUT2D eigenvalue weighted by Crippen LogP contribution is -2.40. The fraction of sp³-hybridized carbons (Fsp3) is 0.500. The molecule has 86 heavy (non-hydrogen) atoms. The highest BCUT2D eigenvalue weighted by molar-refractivity contribution is 5.78. The summed E-state index contributed by atoms with van der Waals surface area (Å²) in [5.41, 5.74) is 9.24. The Morgan fingerprint density at radius 1 is 0.488 bits per heavy atom. The van der Waals surface area contributed by atoms with Gasteiger partial charge in [-0.25, -0.2) is 9.97 Å². The molecule has 0 aliphatic carbocycles. The SMILES string of the molecule is C.C.CC.CC.CC.CC.CCCCCC(=O)NCC1COc2cccc(-c3ccc(Nc4ccc(CCCC)cc4)c(OC)n3)c2O1.CCCCCC(=O)NCC1COc2cccc(-c3ccc(Nc4cccc(CCCC)c4)c(OC)n3)c2O1. The highest BCUT2D eigenvalue weighted by atomic mass is 16.6. The van der Waals surface area contributed by atoms with Crippen molar-refractivity contribution in [3.8, 4) is 57.3 Å². The summed E-state index contributed by atoms with van der Waals surface area (Å²) in [6.07, 6.45) is 13.5. The Balaban J connectivity index is 0.000000755. The van der Waals surface area contributed by atoms with Crippen LogP contribution in [0.1, 0.15) is 186 Å². The van der Waals surface area contributed by atoms with Gasteiger partial charge >= 0.3 is 0 Å². The second kappa shape index (κ2) is 44.9. The molecular formula is C72H110N6O8. The summed E-state index contributed by atoms with van der Waals surface area (Å²) in [4.78, 5) is 33.9. The van der Waals surface area contributed by atoms with Crippen molar-refractivity contribution < 1.29 is 38.0 Å². The van der Waals surface area contributed by atoms with E-state index in [0.717, 1.165) is 85.2 Å². The number of rotatable bonds is 26. The number of para-hydroxylation sites is 2. The minimum atomic E-state index is -0.276. The van der Waals surface area contributed by atoms with E-state index in [0.29, 0.717) is 85.3 Å². The van der Waals surface area contributed by atoms with Crippen molar-refractivity contribution in [1.82, 2.24) is 20.6 Å². The van der Waals surface area contributed by atoms with Crippen LogP contribution in [0.5, 0.6) is 34.8 Å². The molecule has 0 bridgehead atoms. The summed E-state index contributed by atoms with van der Waals surface area (Å²) in [7, 11) is 3.23. The summed E-state index contributed by atoms with van der Waals surface area (Å²) < 4.78 is 35.8. The smallest absolute Gasteiger partial charge is 0.238 e. The Hall–Kier alpha value is -7.48. The minimum absolute atomic E-state index is 0. The van der Waals surface area contributed by atoms with Gasteiger partial charge in [-0.2, -0.15) is 0 Å². The third-order valence-electron chi connectivity index (χ3n) is 13.2. The average Bonchev–Trinajstić information content (AvgIpc) is 3.12. The first-order valence-corrected chi connectivity index (χ1v) is 31.4. The Labute approximate surface area is 519 Å². The van der Waals surface area contributed by atoms with E-state index in [4.69, 9.17) is 38.4 Å². The maximum absolute atomic E-state index is 12.2. The van der Waals surface area contributed by atoms with Crippen molar-refractivity contribution in [1.29, 1.82) is 0 Å². The first-order valence-electron chi connectivity index (χ1n) is 31.4. The number of hydrogen-bond acceptors (Lipinski definition) is 12. The van der Waals surface area contributed by atoms with E-state index in [1.54, 1.807) is 14.2 Å². The molecule has 2 aliphatic heterocycles. The molecule has 0 spiro atoms. The maximum atomic E-state index is 12.2. The number of carbonyl (C=O) groups is 2. The van der Waals surface area contributed by atoms with Gasteiger partial charge in [0.1, 0.15) is 36.8 Å². The van der Waals surface area contributed by atoms with Crippen molar-refractivity contribution in [2.45, 2.75) is 200 Å². The van der Waals surface area contributed by atoms with Crippen LogP contribution >= 0.6 is 0 Å². The summed E-state index contributed by atoms with van der Waals surface area (Å²) in [6.45, 7) is 26.2. The Morgan fingerprint density at radius 3 is 1.34 bits per heavy atom. The number of methoxy groups -OCH3 is 2. The van der Waals surface area contributed by atoms with E-state index in [1.807, 2.05) is 122 Å². The molecule has 2 amide bonds. The molecule has 2 unspecified atom stereocenters. The molecule has 14 heteroatoms. The number of nitrogens with zero attached hydrogens (tertiary/aromatic N) is 2. The van der Waals surface area contributed by atoms with Crippen molar-refractivity contribution in [3.05, 3.63) is 120 Å². The van der Waals surface area contributed by atoms with Crippen molar-refractivity contribution in [2.75, 3.05) is 51.2 Å². The van der Waals surface area contributed by atoms with E-state index in [2.05, 4.69) is 91.4 Å². The molecule has 476 valence electrons. The Kier molecular flexibility index (Phi) is 40.0. The van der Waals surface area contributed by atoms with Crippen LogP contribution < -0.4 is 49.7 Å². The lowest BCUT2D eigenvalue weighted by molar-refractivity contribution is -0.122. The zero-order valence-electron chi connectivity index (χ0n) is 53.4. The number of benzene rings is 4. The highest BCUT2D eigenvalue weighted by Crippen LogP contribution is 2.43. The zero-order valence-corrected chi connectivity index (χ0v) is 53.4. The number of ether oxygens (including phenoxy) is 6. The van der Waals surface area contributed by atoms with Gasteiger partial charge in [0, 0.05) is 35.3 Å². The lowest BCUT2D eigenvalue weighted by Gasteiger charge is -2.28. The van der Waals surface area contributed by atoms with Gasteiger partial charge in [0.25, 0.3) is 0 Å². The maximum Gasteiger partial charge on any atom is 0.238 e. The van der Waals surface area contributed by atoms with E-state index in [-0.39, 0.29) is 38.9 Å². The van der Waals surface area contributed by atoms with E-state index < -0.39 is 0 Å². The number of unbranched alkanes of at least 4 members (excludes halogenated alkanes) is 6. The van der Waals surface area contributed by atoms with E-state index in [1.165, 1.54) is 36.8 Å². The van der Waals surface area contributed by atoms with Crippen LogP contribution in [0.25, 0.3) is 22.5 Å². The molecule has 4 heterocycles. The molecule has 0 radical (unpaired) electrons. The van der Waals surface area contributed by atoms with Gasteiger partial charge < -0.3 is 49.7 Å². The molecule has 8 rings (SSSR count). The van der Waals surface area contributed by atoms with E-state index >= 15 is 0 Å². The highest BCUT2D eigenvalue weighted by Gasteiger charge is 2.27. The number of amides is 2. The number of hydrogen-bond donors (Lipinski definition) is 4. The molecule has 4 N–H and O–H groups in total. The largest absolute Gasteiger partial charge is 0.486 e. The topological polar surface area (TPSA) is 163 Å². The van der Waals surface area contributed by atoms with Crippen molar-refractivity contribution in [3.63, 3.8) is 0 Å². The number of anilines is 4. The first-order chi connectivity index (χ1) is 41.2. The van der Waals surface area contributed by atoms with Crippen LogP contribution in [0.2, 0.25) is 0 Å². The predicted octanol–water partition coefficient (Wildman–Crippen LogP) is 18.7. The third-order valence-corrected chi connectivity index (χ3v) is 13.2. The van der Waals surface area contributed by atoms with Gasteiger partial charge in [-0.05, 0) is 122 Å². The van der Waals surface area contributed by atoms with Gasteiger partial charge in [-0.3, -0.25) is 9.59 Å². The molecule has 4 aromatic carbocycles. The van der Waals surface area contributed by atoms with Crippen molar-refractivity contribution in [2.24, 2.45) is 0 Å². The molecule has 2 atom stereocenters. The fourth-order valence-corrected chi connectivity index (χ4v) is 8.89. The monoisotopic (exact) mass is 1190 g/mol. The van der Waals surface area contributed by atoms with Crippen LogP contribution in [-0.2, 0) is 22.4 Å². The first kappa shape index (κ1) is 76.5.